The lowest BCUT2D eigenvalue weighted by atomic mass is 10.1. The number of carbonyl (C=O) groups is 1. The third-order valence-corrected chi connectivity index (χ3v) is 5.03. The first-order valence-electron chi connectivity index (χ1n) is 9.54. The largest absolute Gasteiger partial charge is 0.352 e. The smallest absolute Gasteiger partial charge is 0.246 e. The van der Waals surface area contributed by atoms with Crippen LogP contribution >= 0.6 is 11.6 Å². The topological polar surface area (TPSA) is 75.9 Å². The van der Waals surface area contributed by atoms with Gasteiger partial charge in [-0.05, 0) is 55.6 Å². The van der Waals surface area contributed by atoms with Crippen molar-refractivity contribution >= 4 is 17.5 Å². The summed E-state index contributed by atoms with van der Waals surface area (Å²) in [7, 11) is 4.00. The Morgan fingerprint density at radius 1 is 1.14 bits per heavy atom. The van der Waals surface area contributed by atoms with Gasteiger partial charge >= 0.3 is 0 Å². The lowest BCUT2D eigenvalue weighted by molar-refractivity contribution is -0.125. The van der Waals surface area contributed by atoms with E-state index in [1.165, 1.54) is 4.80 Å². The number of amides is 1. The summed E-state index contributed by atoms with van der Waals surface area (Å²) in [5, 5.41) is 16.3. The molecular formula is C21H25ClN6O. The lowest BCUT2D eigenvalue weighted by Gasteiger charge is -2.26. The van der Waals surface area contributed by atoms with Crippen molar-refractivity contribution in [3.8, 4) is 11.4 Å². The summed E-state index contributed by atoms with van der Waals surface area (Å²) in [6.45, 7) is 2.42. The molecule has 1 amide bonds. The average molecular weight is 413 g/mol. The standard InChI is InChI=1S/C21H25ClN6O/c1-4-18(28-25-20(24-26-28)16-10-12-17(22)13-11-16)21(29)23-14-19(27(2)3)15-8-6-5-7-9-15/h5-13,18-19H,4,14H2,1-3H3,(H,23,29). The van der Waals surface area contributed by atoms with Crippen LogP contribution < -0.4 is 5.32 Å². The molecule has 8 heteroatoms. The fraction of sp³-hybridized carbons (Fsp3) is 0.333. The number of nitrogens with zero attached hydrogens (tertiary/aromatic N) is 5. The van der Waals surface area contributed by atoms with E-state index in [9.17, 15) is 4.79 Å². The Morgan fingerprint density at radius 3 is 2.45 bits per heavy atom. The second-order valence-electron chi connectivity index (χ2n) is 7.00. The van der Waals surface area contributed by atoms with Crippen LogP contribution in [0.15, 0.2) is 54.6 Å². The van der Waals surface area contributed by atoms with E-state index in [0.717, 1.165) is 11.1 Å². The highest BCUT2D eigenvalue weighted by Gasteiger charge is 2.23. The van der Waals surface area contributed by atoms with E-state index >= 15 is 0 Å². The summed E-state index contributed by atoms with van der Waals surface area (Å²) in [4.78, 5) is 16.3. The highest BCUT2D eigenvalue weighted by Crippen LogP contribution is 2.20. The van der Waals surface area contributed by atoms with Gasteiger partial charge in [-0.25, -0.2) is 0 Å². The summed E-state index contributed by atoms with van der Waals surface area (Å²) >= 11 is 5.93. The zero-order chi connectivity index (χ0) is 20.8. The average Bonchev–Trinajstić information content (AvgIpc) is 3.19. The minimum absolute atomic E-state index is 0.0750. The first kappa shape index (κ1) is 21.0. The van der Waals surface area contributed by atoms with Crippen LogP contribution in [-0.4, -0.2) is 51.7 Å². The minimum Gasteiger partial charge on any atom is -0.352 e. The van der Waals surface area contributed by atoms with Gasteiger partial charge in [0.1, 0.15) is 0 Å². The van der Waals surface area contributed by atoms with Crippen molar-refractivity contribution in [1.29, 1.82) is 0 Å². The zero-order valence-electron chi connectivity index (χ0n) is 16.8. The zero-order valence-corrected chi connectivity index (χ0v) is 17.5. The maximum atomic E-state index is 12.8. The quantitative estimate of drug-likeness (QED) is 0.614. The molecule has 0 saturated heterocycles. The first-order chi connectivity index (χ1) is 14.0. The van der Waals surface area contributed by atoms with Gasteiger partial charge in [0.05, 0.1) is 6.04 Å². The molecule has 0 saturated carbocycles. The van der Waals surface area contributed by atoms with Crippen LogP contribution in [0.25, 0.3) is 11.4 Å². The maximum absolute atomic E-state index is 12.8. The van der Waals surface area contributed by atoms with E-state index in [0.29, 0.717) is 23.8 Å². The van der Waals surface area contributed by atoms with Crippen molar-refractivity contribution in [2.24, 2.45) is 0 Å². The second kappa shape index (κ2) is 9.62. The molecule has 152 valence electrons. The number of likely N-dealkylation sites (N-methyl/N-ethyl adjacent to an activating group) is 1. The number of rotatable bonds is 8. The molecular weight excluding hydrogens is 388 g/mol. The van der Waals surface area contributed by atoms with Crippen molar-refractivity contribution in [2.45, 2.75) is 25.4 Å². The lowest BCUT2D eigenvalue weighted by Crippen LogP contribution is -2.39. The van der Waals surface area contributed by atoms with Crippen LogP contribution in [0.3, 0.4) is 0 Å². The first-order valence-corrected chi connectivity index (χ1v) is 9.92. The van der Waals surface area contributed by atoms with E-state index in [1.54, 1.807) is 12.1 Å². The van der Waals surface area contributed by atoms with E-state index in [2.05, 4.69) is 37.8 Å². The van der Waals surface area contributed by atoms with Gasteiger partial charge in [0.25, 0.3) is 0 Å². The van der Waals surface area contributed by atoms with Crippen molar-refractivity contribution in [1.82, 2.24) is 30.4 Å². The van der Waals surface area contributed by atoms with Gasteiger partial charge in [-0.2, -0.15) is 4.80 Å². The van der Waals surface area contributed by atoms with Gasteiger partial charge in [0, 0.05) is 17.1 Å². The van der Waals surface area contributed by atoms with Gasteiger partial charge in [-0.3, -0.25) is 4.79 Å². The van der Waals surface area contributed by atoms with Crippen LogP contribution in [0.5, 0.6) is 0 Å². The Bertz CT molecular complexity index is 926. The maximum Gasteiger partial charge on any atom is 0.246 e. The molecule has 2 aromatic carbocycles. The number of benzene rings is 2. The molecule has 2 atom stereocenters. The van der Waals surface area contributed by atoms with Gasteiger partial charge in [-0.1, -0.05) is 48.9 Å². The molecule has 2 unspecified atom stereocenters. The molecule has 3 rings (SSSR count). The third-order valence-electron chi connectivity index (χ3n) is 4.78. The molecule has 1 heterocycles. The molecule has 3 aromatic rings. The Kier molecular flexibility index (Phi) is 6.95. The summed E-state index contributed by atoms with van der Waals surface area (Å²) in [5.74, 6) is 0.332. The van der Waals surface area contributed by atoms with Gasteiger partial charge in [-0.15, -0.1) is 10.2 Å². The van der Waals surface area contributed by atoms with Crippen molar-refractivity contribution in [3.63, 3.8) is 0 Å². The van der Waals surface area contributed by atoms with Crippen LogP contribution in [0.4, 0.5) is 0 Å². The predicted octanol–water partition coefficient (Wildman–Crippen LogP) is 3.36. The number of carbonyl (C=O) groups excluding carboxylic acids is 1. The highest BCUT2D eigenvalue weighted by molar-refractivity contribution is 6.30. The van der Waals surface area contributed by atoms with Gasteiger partial charge in [0.15, 0.2) is 6.04 Å². The molecule has 0 bridgehead atoms. The van der Waals surface area contributed by atoms with Crippen LogP contribution in [-0.2, 0) is 4.79 Å². The molecule has 0 spiro atoms. The SMILES string of the molecule is CCC(C(=O)NCC(c1ccccc1)N(C)C)n1nnc(-c2ccc(Cl)cc2)n1. The number of hydrogen-bond acceptors (Lipinski definition) is 5. The Balaban J connectivity index is 1.69. The molecule has 7 nitrogen and oxygen atoms in total. The van der Waals surface area contributed by atoms with Crippen molar-refractivity contribution < 1.29 is 4.79 Å². The molecule has 0 aliphatic carbocycles. The summed E-state index contributed by atoms with van der Waals surface area (Å²) in [6, 6.07) is 16.8. The van der Waals surface area contributed by atoms with Gasteiger partial charge in [0.2, 0.25) is 11.7 Å². The Morgan fingerprint density at radius 2 is 1.83 bits per heavy atom. The molecule has 1 N–H and O–H groups in total. The summed E-state index contributed by atoms with van der Waals surface area (Å²) < 4.78 is 0. The molecule has 29 heavy (non-hydrogen) atoms. The summed E-state index contributed by atoms with van der Waals surface area (Å²) in [5.41, 5.74) is 1.95. The number of hydrogen-bond donors (Lipinski definition) is 1. The minimum atomic E-state index is -0.526. The number of tetrazole rings is 1. The Hall–Kier alpha value is -2.77. The number of aromatic nitrogens is 4. The van der Waals surface area contributed by atoms with Crippen LogP contribution in [0, 0.1) is 0 Å². The van der Waals surface area contributed by atoms with E-state index in [4.69, 9.17) is 11.6 Å². The summed E-state index contributed by atoms with van der Waals surface area (Å²) in [6.07, 6.45) is 0.556. The predicted molar refractivity (Wildman–Crippen MR) is 113 cm³/mol. The second-order valence-corrected chi connectivity index (χ2v) is 7.44. The molecule has 1 aromatic heterocycles. The number of halogens is 1. The monoisotopic (exact) mass is 412 g/mol. The number of nitrogens with one attached hydrogen (secondary N) is 1. The van der Waals surface area contributed by atoms with Crippen molar-refractivity contribution in [2.75, 3.05) is 20.6 Å². The molecule has 0 radical (unpaired) electrons. The van der Waals surface area contributed by atoms with Crippen molar-refractivity contribution in [3.05, 3.63) is 65.2 Å². The fourth-order valence-electron chi connectivity index (χ4n) is 3.11. The van der Waals surface area contributed by atoms with Crippen LogP contribution in [0.1, 0.15) is 31.0 Å². The molecule has 0 aliphatic rings. The Labute approximate surface area is 175 Å². The molecule has 0 fully saturated rings. The van der Waals surface area contributed by atoms with Gasteiger partial charge < -0.3 is 10.2 Å². The fourth-order valence-corrected chi connectivity index (χ4v) is 3.24. The van der Waals surface area contributed by atoms with E-state index in [-0.39, 0.29) is 11.9 Å². The van der Waals surface area contributed by atoms with E-state index < -0.39 is 6.04 Å². The normalized spacial score (nSPS) is 13.3. The third kappa shape index (κ3) is 5.19. The molecule has 0 aliphatic heterocycles. The van der Waals surface area contributed by atoms with E-state index in [1.807, 2.05) is 51.4 Å². The highest BCUT2D eigenvalue weighted by atomic mass is 35.5. The van der Waals surface area contributed by atoms with Crippen LogP contribution in [0.2, 0.25) is 5.02 Å².